The van der Waals surface area contributed by atoms with Crippen LogP contribution in [0.25, 0.3) is 0 Å². The summed E-state index contributed by atoms with van der Waals surface area (Å²) in [5, 5.41) is 11.1. The number of carboxylic acids is 1. The van der Waals surface area contributed by atoms with E-state index in [1.54, 1.807) is 0 Å². The number of hydrogen-bond acceptors (Lipinski definition) is 3. The van der Waals surface area contributed by atoms with Crippen LogP contribution in [0, 0.1) is 5.82 Å². The lowest BCUT2D eigenvalue weighted by Gasteiger charge is -2.13. The van der Waals surface area contributed by atoms with Gasteiger partial charge in [-0.25, -0.2) is 4.39 Å². The van der Waals surface area contributed by atoms with E-state index in [0.717, 1.165) is 6.07 Å². The molecule has 0 aliphatic carbocycles. The van der Waals surface area contributed by atoms with Crippen LogP contribution in [0.4, 0.5) is 10.1 Å². The molecular weight excluding hydrogens is 263 g/mol. The highest BCUT2D eigenvalue weighted by Gasteiger charge is 2.11. The average molecular weight is 275 g/mol. The molecule has 0 saturated heterocycles. The summed E-state index contributed by atoms with van der Waals surface area (Å²) in [7, 11) is 1.48. The van der Waals surface area contributed by atoms with Gasteiger partial charge in [-0.1, -0.05) is 11.6 Å². The molecule has 7 heteroatoms. The molecule has 0 saturated carbocycles. The molecule has 0 aliphatic heterocycles. The summed E-state index contributed by atoms with van der Waals surface area (Å²) in [6.07, 6.45) is 0. The minimum Gasteiger partial charge on any atom is -0.480 e. The number of nitrogens with zero attached hydrogens (tertiary/aromatic N) is 1. The number of amides is 1. The molecular formula is C11H12ClFN2O3. The first-order valence-corrected chi connectivity index (χ1v) is 5.41. The minimum atomic E-state index is -1.04. The fourth-order valence-corrected chi connectivity index (χ4v) is 1.47. The van der Waals surface area contributed by atoms with E-state index >= 15 is 0 Å². The zero-order chi connectivity index (χ0) is 13.7. The Morgan fingerprint density at radius 3 is 2.67 bits per heavy atom. The van der Waals surface area contributed by atoms with Crippen LogP contribution in [0.2, 0.25) is 5.02 Å². The molecule has 1 aromatic rings. The summed E-state index contributed by atoms with van der Waals surface area (Å²) in [5.74, 6) is -2.18. The van der Waals surface area contributed by atoms with Gasteiger partial charge in [0.15, 0.2) is 0 Å². The van der Waals surface area contributed by atoms with E-state index in [4.69, 9.17) is 16.7 Å². The second-order valence-electron chi connectivity index (χ2n) is 3.74. The third-order valence-electron chi connectivity index (χ3n) is 2.02. The molecule has 2 N–H and O–H groups in total. The first-order valence-electron chi connectivity index (χ1n) is 5.03. The summed E-state index contributed by atoms with van der Waals surface area (Å²) in [6, 6.07) is 3.87. The van der Waals surface area contributed by atoms with Crippen LogP contribution in [0.1, 0.15) is 0 Å². The highest BCUT2D eigenvalue weighted by atomic mass is 35.5. The second-order valence-corrected chi connectivity index (χ2v) is 4.17. The molecule has 0 spiro atoms. The fourth-order valence-electron chi connectivity index (χ4n) is 1.31. The monoisotopic (exact) mass is 274 g/mol. The van der Waals surface area contributed by atoms with Crippen LogP contribution in [0.15, 0.2) is 18.2 Å². The van der Waals surface area contributed by atoms with Crippen LogP contribution in [0.5, 0.6) is 0 Å². The van der Waals surface area contributed by atoms with Gasteiger partial charge in [0.25, 0.3) is 0 Å². The number of nitrogens with one attached hydrogen (secondary N) is 1. The number of anilines is 1. The molecule has 18 heavy (non-hydrogen) atoms. The summed E-state index contributed by atoms with van der Waals surface area (Å²) < 4.78 is 13.4. The van der Waals surface area contributed by atoms with Crippen molar-refractivity contribution in [2.24, 2.45) is 0 Å². The van der Waals surface area contributed by atoms with E-state index in [1.807, 2.05) is 0 Å². The maximum absolute atomic E-state index is 13.4. The Labute approximate surface area is 108 Å². The lowest BCUT2D eigenvalue weighted by atomic mass is 10.3. The predicted molar refractivity (Wildman–Crippen MR) is 65.2 cm³/mol. The first kappa shape index (κ1) is 14.4. The molecule has 0 fully saturated rings. The lowest BCUT2D eigenvalue weighted by Crippen LogP contribution is -2.34. The SMILES string of the molecule is CN(CC(=O)O)CC(=O)Nc1ccc(Cl)cc1F. The van der Waals surface area contributed by atoms with Crippen molar-refractivity contribution >= 4 is 29.2 Å². The quantitative estimate of drug-likeness (QED) is 0.852. The van der Waals surface area contributed by atoms with Gasteiger partial charge in [-0.05, 0) is 25.2 Å². The Balaban J connectivity index is 2.56. The van der Waals surface area contributed by atoms with Gasteiger partial charge in [-0.3, -0.25) is 14.5 Å². The first-order chi connectivity index (χ1) is 8.38. The molecule has 0 aliphatic rings. The number of halogens is 2. The Morgan fingerprint density at radius 2 is 2.11 bits per heavy atom. The Hall–Kier alpha value is -1.66. The molecule has 98 valence electrons. The zero-order valence-corrected chi connectivity index (χ0v) is 10.4. The third kappa shape index (κ3) is 4.68. The zero-order valence-electron chi connectivity index (χ0n) is 9.61. The van der Waals surface area contributed by atoms with Gasteiger partial charge in [-0.15, -0.1) is 0 Å². The topological polar surface area (TPSA) is 69.6 Å². The summed E-state index contributed by atoms with van der Waals surface area (Å²) in [5.41, 5.74) is 0.00752. The van der Waals surface area contributed by atoms with E-state index in [0.29, 0.717) is 0 Å². The Morgan fingerprint density at radius 1 is 1.44 bits per heavy atom. The molecule has 5 nitrogen and oxygen atoms in total. The van der Waals surface area contributed by atoms with Crippen LogP contribution >= 0.6 is 11.6 Å². The van der Waals surface area contributed by atoms with Crippen molar-refractivity contribution in [1.29, 1.82) is 0 Å². The fraction of sp³-hybridized carbons (Fsp3) is 0.273. The number of likely N-dealkylation sites (N-methyl/N-ethyl adjacent to an activating group) is 1. The highest BCUT2D eigenvalue weighted by Crippen LogP contribution is 2.18. The normalized spacial score (nSPS) is 10.4. The van der Waals surface area contributed by atoms with Crippen LogP contribution in [-0.2, 0) is 9.59 Å². The molecule has 0 bridgehead atoms. The van der Waals surface area contributed by atoms with E-state index in [1.165, 1.54) is 24.1 Å². The van der Waals surface area contributed by atoms with Crippen molar-refractivity contribution in [3.63, 3.8) is 0 Å². The number of benzene rings is 1. The standard InChI is InChI=1S/C11H12ClFN2O3/c1-15(6-11(17)18)5-10(16)14-9-3-2-7(12)4-8(9)13/h2-4H,5-6H2,1H3,(H,14,16)(H,17,18). The molecule has 1 amide bonds. The second kappa shape index (κ2) is 6.32. The molecule has 1 aromatic carbocycles. The average Bonchev–Trinajstić information content (AvgIpc) is 2.20. The summed E-state index contributed by atoms with van der Waals surface area (Å²) in [6.45, 7) is -0.412. The van der Waals surface area contributed by atoms with Gasteiger partial charge in [0.1, 0.15) is 5.82 Å². The number of aliphatic carboxylic acids is 1. The number of carboxylic acid groups (broad SMARTS) is 1. The number of rotatable bonds is 5. The van der Waals surface area contributed by atoms with Gasteiger partial charge in [-0.2, -0.15) is 0 Å². The van der Waals surface area contributed by atoms with Crippen molar-refractivity contribution in [2.45, 2.75) is 0 Å². The summed E-state index contributed by atoms with van der Waals surface area (Å²) >= 11 is 5.57. The number of hydrogen-bond donors (Lipinski definition) is 2. The summed E-state index contributed by atoms with van der Waals surface area (Å²) in [4.78, 5) is 23.2. The molecule has 0 atom stereocenters. The van der Waals surface area contributed by atoms with Crippen LogP contribution < -0.4 is 5.32 Å². The lowest BCUT2D eigenvalue weighted by molar-refractivity contribution is -0.138. The predicted octanol–water partition coefficient (Wildman–Crippen LogP) is 1.43. The Kier molecular flexibility index (Phi) is 5.06. The van der Waals surface area contributed by atoms with Crippen molar-refractivity contribution in [2.75, 3.05) is 25.5 Å². The van der Waals surface area contributed by atoms with Crippen molar-refractivity contribution in [3.8, 4) is 0 Å². The van der Waals surface area contributed by atoms with Gasteiger partial charge in [0.05, 0.1) is 18.8 Å². The van der Waals surface area contributed by atoms with Crippen molar-refractivity contribution in [1.82, 2.24) is 4.90 Å². The van der Waals surface area contributed by atoms with E-state index < -0.39 is 17.7 Å². The van der Waals surface area contributed by atoms with Gasteiger partial charge < -0.3 is 10.4 Å². The third-order valence-corrected chi connectivity index (χ3v) is 2.26. The van der Waals surface area contributed by atoms with Crippen LogP contribution in [-0.4, -0.2) is 42.0 Å². The van der Waals surface area contributed by atoms with Crippen molar-refractivity contribution in [3.05, 3.63) is 29.0 Å². The smallest absolute Gasteiger partial charge is 0.317 e. The number of carbonyl (C=O) groups is 2. The minimum absolute atomic E-state index is 0.00752. The van der Waals surface area contributed by atoms with Gasteiger partial charge in [0, 0.05) is 5.02 Å². The van der Waals surface area contributed by atoms with Gasteiger partial charge in [0.2, 0.25) is 5.91 Å². The highest BCUT2D eigenvalue weighted by molar-refractivity contribution is 6.30. The van der Waals surface area contributed by atoms with E-state index in [-0.39, 0.29) is 23.8 Å². The molecule has 0 unspecified atom stereocenters. The van der Waals surface area contributed by atoms with Crippen molar-refractivity contribution < 1.29 is 19.1 Å². The van der Waals surface area contributed by atoms with Gasteiger partial charge >= 0.3 is 5.97 Å². The number of carbonyl (C=O) groups excluding carboxylic acids is 1. The molecule has 1 rings (SSSR count). The maximum atomic E-state index is 13.4. The molecule has 0 heterocycles. The molecule has 0 aromatic heterocycles. The van der Waals surface area contributed by atoms with Crippen LogP contribution in [0.3, 0.4) is 0 Å². The maximum Gasteiger partial charge on any atom is 0.317 e. The Bertz CT molecular complexity index is 468. The van der Waals surface area contributed by atoms with E-state index in [2.05, 4.69) is 5.32 Å². The largest absolute Gasteiger partial charge is 0.480 e. The molecule has 0 radical (unpaired) electrons. The van der Waals surface area contributed by atoms with E-state index in [9.17, 15) is 14.0 Å².